The van der Waals surface area contributed by atoms with E-state index in [1.807, 2.05) is 18.2 Å². The van der Waals surface area contributed by atoms with E-state index in [2.05, 4.69) is 10.3 Å². The third kappa shape index (κ3) is 3.91. The quantitative estimate of drug-likeness (QED) is 0.822. The maximum Gasteiger partial charge on any atom is 0.247 e. The molecule has 1 aliphatic heterocycles. The van der Waals surface area contributed by atoms with Crippen LogP contribution in [0.2, 0.25) is 5.02 Å². The van der Waals surface area contributed by atoms with Gasteiger partial charge in [-0.05, 0) is 30.2 Å². The molecule has 1 unspecified atom stereocenters. The number of benzene rings is 1. The Labute approximate surface area is 158 Å². The van der Waals surface area contributed by atoms with E-state index >= 15 is 0 Å². The van der Waals surface area contributed by atoms with Crippen molar-refractivity contribution < 1.29 is 8.42 Å². The Bertz CT molecular complexity index is 861. The number of hydrogen-bond acceptors (Lipinski definition) is 5. The maximum absolute atomic E-state index is 13.2. The molecule has 3 N–H and O–H groups in total. The van der Waals surface area contributed by atoms with Gasteiger partial charge in [-0.2, -0.15) is 4.31 Å². The number of aromatic nitrogens is 1. The number of piperazine rings is 1. The third-order valence-electron chi connectivity index (χ3n) is 4.06. The second-order valence-corrected chi connectivity index (χ2v) is 8.02. The molecule has 0 radical (unpaired) electrons. The predicted molar refractivity (Wildman–Crippen MR) is 102 cm³/mol. The first-order chi connectivity index (χ1) is 11.4. The van der Waals surface area contributed by atoms with E-state index in [4.69, 9.17) is 17.3 Å². The summed E-state index contributed by atoms with van der Waals surface area (Å²) in [5, 5.41) is 3.77. The fourth-order valence-corrected chi connectivity index (χ4v) is 4.89. The summed E-state index contributed by atoms with van der Waals surface area (Å²) in [6.45, 7) is 3.18. The molecular weight excluding hydrogens is 383 g/mol. The van der Waals surface area contributed by atoms with Crippen molar-refractivity contribution in [2.24, 2.45) is 0 Å². The van der Waals surface area contributed by atoms with E-state index in [1.165, 1.54) is 4.31 Å². The Hall–Kier alpha value is -1.38. The van der Waals surface area contributed by atoms with Crippen LogP contribution in [0.5, 0.6) is 0 Å². The molecule has 1 aromatic carbocycles. The summed E-state index contributed by atoms with van der Waals surface area (Å²) in [6.07, 6.45) is 1.55. The lowest BCUT2D eigenvalue weighted by Gasteiger charge is -2.36. The highest BCUT2D eigenvalue weighted by molar-refractivity contribution is 7.89. The number of hydrogen-bond donors (Lipinski definition) is 2. The van der Waals surface area contributed by atoms with Gasteiger partial charge in [0.15, 0.2) is 0 Å². The van der Waals surface area contributed by atoms with E-state index in [0.29, 0.717) is 24.7 Å². The number of nitrogens with one attached hydrogen (secondary N) is 1. The molecule has 0 bridgehead atoms. The minimum absolute atomic E-state index is 0. The maximum atomic E-state index is 13.2. The molecule has 0 spiro atoms. The van der Waals surface area contributed by atoms with Crippen LogP contribution < -0.4 is 11.1 Å². The first-order valence-electron chi connectivity index (χ1n) is 7.60. The van der Waals surface area contributed by atoms with E-state index in [-0.39, 0.29) is 23.1 Å². The first-order valence-corrected chi connectivity index (χ1v) is 9.42. The van der Waals surface area contributed by atoms with Crippen LogP contribution >= 0.6 is 24.0 Å². The van der Waals surface area contributed by atoms with Crippen LogP contribution in [-0.4, -0.2) is 37.3 Å². The average molecular weight is 403 g/mol. The zero-order valence-electron chi connectivity index (χ0n) is 13.6. The highest BCUT2D eigenvalue weighted by Crippen LogP contribution is 2.33. The topological polar surface area (TPSA) is 88.3 Å². The van der Waals surface area contributed by atoms with Gasteiger partial charge in [0, 0.05) is 30.9 Å². The molecule has 1 aromatic heterocycles. The van der Waals surface area contributed by atoms with Crippen LogP contribution in [0.4, 0.5) is 5.82 Å². The smallest absolute Gasteiger partial charge is 0.247 e. The van der Waals surface area contributed by atoms with Crippen molar-refractivity contribution in [2.75, 3.05) is 25.4 Å². The van der Waals surface area contributed by atoms with Gasteiger partial charge in [0.05, 0.1) is 6.04 Å². The molecule has 0 aliphatic carbocycles. The molecule has 0 amide bonds. The molecule has 1 aliphatic rings. The Kier molecular flexibility index (Phi) is 6.29. The first kappa shape index (κ1) is 19.9. The van der Waals surface area contributed by atoms with Crippen molar-refractivity contribution in [1.29, 1.82) is 0 Å². The van der Waals surface area contributed by atoms with Gasteiger partial charge in [-0.25, -0.2) is 13.4 Å². The zero-order valence-corrected chi connectivity index (χ0v) is 16.0. The number of nitrogens with two attached hydrogens (primary N) is 1. The molecule has 6 nitrogen and oxygen atoms in total. The van der Waals surface area contributed by atoms with Crippen LogP contribution in [0.1, 0.15) is 17.2 Å². The molecule has 0 saturated carbocycles. The second kappa shape index (κ2) is 7.88. The molecule has 2 heterocycles. The number of nitrogens with zero attached hydrogens (tertiary/aromatic N) is 2. The summed E-state index contributed by atoms with van der Waals surface area (Å²) >= 11 is 6.29. The minimum Gasteiger partial charge on any atom is -0.383 e. The Morgan fingerprint density at radius 2 is 2.08 bits per heavy atom. The lowest BCUT2D eigenvalue weighted by molar-refractivity contribution is 0.271. The van der Waals surface area contributed by atoms with E-state index in [0.717, 1.165) is 11.1 Å². The van der Waals surface area contributed by atoms with Crippen molar-refractivity contribution in [3.63, 3.8) is 0 Å². The number of nitrogen functional groups attached to an aromatic ring is 1. The van der Waals surface area contributed by atoms with E-state index in [1.54, 1.807) is 25.3 Å². The summed E-state index contributed by atoms with van der Waals surface area (Å²) in [6, 6.07) is 8.45. The third-order valence-corrected chi connectivity index (χ3v) is 6.35. The van der Waals surface area contributed by atoms with E-state index < -0.39 is 16.1 Å². The summed E-state index contributed by atoms with van der Waals surface area (Å²) in [4.78, 5) is 4.03. The number of pyridine rings is 1. The lowest BCUT2D eigenvalue weighted by atomic mass is 10.1. The normalized spacial score (nSPS) is 18.6. The SMILES string of the molecule is Cc1cnc(N)c(S(=O)(=O)N2CCNCC2c2ccccc2Cl)c1.Cl. The number of aryl methyl sites for hydroxylation is 1. The van der Waals surface area contributed by atoms with Gasteiger partial charge >= 0.3 is 0 Å². The summed E-state index contributed by atoms with van der Waals surface area (Å²) in [5.74, 6) is 0.0111. The molecule has 9 heteroatoms. The fourth-order valence-electron chi connectivity index (χ4n) is 2.87. The van der Waals surface area contributed by atoms with Crippen LogP contribution in [0.25, 0.3) is 0 Å². The standard InChI is InChI=1S/C16H19ClN4O2S.ClH/c1-11-8-15(16(18)20-9-11)24(22,23)21-7-6-19-10-14(21)12-4-2-3-5-13(12)17;/h2-5,8-9,14,19H,6-7,10H2,1H3,(H2,18,20);1H. The van der Waals surface area contributed by atoms with Gasteiger partial charge in [0.25, 0.3) is 0 Å². The van der Waals surface area contributed by atoms with Crippen molar-refractivity contribution in [2.45, 2.75) is 17.9 Å². The highest BCUT2D eigenvalue weighted by Gasteiger charge is 2.36. The molecule has 2 aromatic rings. The average Bonchev–Trinajstić information content (AvgIpc) is 2.57. The summed E-state index contributed by atoms with van der Waals surface area (Å²) in [5.41, 5.74) is 7.35. The monoisotopic (exact) mass is 402 g/mol. The summed E-state index contributed by atoms with van der Waals surface area (Å²) in [7, 11) is -3.78. The molecule has 1 atom stereocenters. The largest absolute Gasteiger partial charge is 0.383 e. The summed E-state index contributed by atoms with van der Waals surface area (Å²) < 4.78 is 27.8. The van der Waals surface area contributed by atoms with Gasteiger partial charge in [0.1, 0.15) is 10.7 Å². The number of anilines is 1. The molecular formula is C16H20Cl2N4O2S. The molecule has 25 heavy (non-hydrogen) atoms. The van der Waals surface area contributed by atoms with Crippen LogP contribution in [0, 0.1) is 6.92 Å². The molecule has 136 valence electrons. The highest BCUT2D eigenvalue weighted by atomic mass is 35.5. The number of sulfonamides is 1. The van der Waals surface area contributed by atoms with Crippen molar-refractivity contribution >= 4 is 39.8 Å². The van der Waals surface area contributed by atoms with Crippen molar-refractivity contribution in [3.8, 4) is 0 Å². The Balaban J connectivity index is 0.00000225. The van der Waals surface area contributed by atoms with Gasteiger partial charge in [-0.1, -0.05) is 29.8 Å². The molecule has 1 fully saturated rings. The van der Waals surface area contributed by atoms with Gasteiger partial charge in [-0.15, -0.1) is 12.4 Å². The predicted octanol–water partition coefficient (Wildman–Crippen LogP) is 2.38. The number of halogens is 2. The minimum atomic E-state index is -3.78. The van der Waals surface area contributed by atoms with Crippen LogP contribution in [0.15, 0.2) is 41.4 Å². The fraction of sp³-hybridized carbons (Fsp3) is 0.312. The van der Waals surface area contributed by atoms with Crippen LogP contribution in [-0.2, 0) is 10.0 Å². The molecule has 1 saturated heterocycles. The Morgan fingerprint density at radius 1 is 1.36 bits per heavy atom. The van der Waals surface area contributed by atoms with Gasteiger partial charge in [0.2, 0.25) is 10.0 Å². The van der Waals surface area contributed by atoms with E-state index in [9.17, 15) is 8.42 Å². The Morgan fingerprint density at radius 3 is 2.80 bits per heavy atom. The van der Waals surface area contributed by atoms with Crippen molar-refractivity contribution in [3.05, 3.63) is 52.7 Å². The van der Waals surface area contributed by atoms with Gasteiger partial charge in [-0.3, -0.25) is 0 Å². The van der Waals surface area contributed by atoms with Crippen molar-refractivity contribution in [1.82, 2.24) is 14.6 Å². The zero-order chi connectivity index (χ0) is 17.3. The van der Waals surface area contributed by atoms with Gasteiger partial charge < -0.3 is 11.1 Å². The van der Waals surface area contributed by atoms with Crippen LogP contribution in [0.3, 0.4) is 0 Å². The number of rotatable bonds is 3. The second-order valence-electron chi connectivity index (χ2n) is 5.75. The molecule has 3 rings (SSSR count). The lowest BCUT2D eigenvalue weighted by Crippen LogP contribution is -2.48.